The first-order chi connectivity index (χ1) is 7.43. The first-order valence-electron chi connectivity index (χ1n) is 5.52. The van der Waals surface area contributed by atoms with Crippen LogP contribution in [0, 0.1) is 0 Å². The molecule has 0 aliphatic heterocycles. The van der Waals surface area contributed by atoms with Gasteiger partial charge in [0.05, 0.1) is 4.75 Å². The molecule has 0 fully saturated rings. The van der Waals surface area contributed by atoms with Crippen LogP contribution in [-0.4, -0.2) is 23.4 Å². The van der Waals surface area contributed by atoms with Crippen molar-refractivity contribution in [3.8, 4) is 0 Å². The van der Waals surface area contributed by atoms with E-state index in [4.69, 9.17) is 0 Å². The van der Waals surface area contributed by atoms with Gasteiger partial charge in [-0.3, -0.25) is 9.82 Å². The Hall–Kier alpha value is -1.04. The van der Waals surface area contributed by atoms with Crippen LogP contribution < -0.4 is 4.72 Å². The quantitative estimate of drug-likeness (QED) is 0.855. The molecular weight excluding hydrogens is 238 g/mol. The van der Waals surface area contributed by atoms with Gasteiger partial charge < -0.3 is 0 Å². The van der Waals surface area contributed by atoms with Gasteiger partial charge in [0.1, 0.15) is 0 Å². The van der Waals surface area contributed by atoms with Crippen LogP contribution >= 0.6 is 0 Å². The van der Waals surface area contributed by atoms with Crippen LogP contribution in [0.1, 0.15) is 47.2 Å². The lowest BCUT2D eigenvalue weighted by Gasteiger charge is -2.19. The third-order valence-corrected chi connectivity index (χ3v) is 4.52. The molecule has 0 bridgehead atoms. The Morgan fingerprint density at radius 3 is 2.06 bits per heavy atom. The van der Waals surface area contributed by atoms with Crippen LogP contribution in [0.25, 0.3) is 0 Å². The minimum atomic E-state index is -3.42. The van der Waals surface area contributed by atoms with Crippen molar-refractivity contribution in [3.05, 3.63) is 11.8 Å². The van der Waals surface area contributed by atoms with Gasteiger partial charge in [0.15, 0.2) is 5.82 Å². The number of hydrogen-bond acceptors (Lipinski definition) is 3. The van der Waals surface area contributed by atoms with Gasteiger partial charge in [-0.05, 0) is 20.8 Å². The van der Waals surface area contributed by atoms with E-state index in [1.54, 1.807) is 26.8 Å². The molecule has 0 spiro atoms. The molecule has 0 unspecified atom stereocenters. The van der Waals surface area contributed by atoms with E-state index in [9.17, 15) is 8.42 Å². The van der Waals surface area contributed by atoms with Crippen molar-refractivity contribution < 1.29 is 8.42 Å². The first kappa shape index (κ1) is 14.0. The average Bonchev–Trinajstić information content (AvgIpc) is 2.48. The second-order valence-corrected chi connectivity index (χ2v) is 8.57. The lowest BCUT2D eigenvalue weighted by atomic mass is 9.92. The minimum Gasteiger partial charge on any atom is -0.280 e. The van der Waals surface area contributed by atoms with Crippen LogP contribution in [0.5, 0.6) is 0 Å². The molecule has 0 saturated carbocycles. The molecule has 0 aromatic carbocycles. The standard InChI is InChI=1S/C11H21N3O2S/c1-10(2,3)8-7-9(13-12-8)14-17(15,16)11(4,5)6/h7H,1-6H3,(H2,12,13,14). The summed E-state index contributed by atoms with van der Waals surface area (Å²) in [5, 5.41) is 6.81. The Balaban J connectivity index is 2.96. The Labute approximate surface area is 103 Å². The molecule has 0 aliphatic rings. The molecule has 6 heteroatoms. The number of aromatic amines is 1. The average molecular weight is 259 g/mol. The molecule has 98 valence electrons. The van der Waals surface area contributed by atoms with E-state index in [-0.39, 0.29) is 5.41 Å². The highest BCUT2D eigenvalue weighted by atomic mass is 32.2. The summed E-state index contributed by atoms with van der Waals surface area (Å²) in [6, 6.07) is 1.73. The number of anilines is 1. The molecule has 0 aliphatic carbocycles. The fourth-order valence-electron chi connectivity index (χ4n) is 1.05. The molecule has 17 heavy (non-hydrogen) atoms. The summed E-state index contributed by atoms with van der Waals surface area (Å²) < 4.78 is 25.5. The Morgan fingerprint density at radius 1 is 1.18 bits per heavy atom. The van der Waals surface area contributed by atoms with Crippen molar-refractivity contribution in [1.82, 2.24) is 10.2 Å². The van der Waals surface area contributed by atoms with E-state index in [2.05, 4.69) is 14.9 Å². The number of hydrogen-bond donors (Lipinski definition) is 2. The highest BCUT2D eigenvalue weighted by Gasteiger charge is 2.30. The predicted molar refractivity (Wildman–Crippen MR) is 69.6 cm³/mol. The van der Waals surface area contributed by atoms with Gasteiger partial charge in [-0.2, -0.15) is 5.10 Å². The largest absolute Gasteiger partial charge is 0.280 e. The van der Waals surface area contributed by atoms with E-state index in [1.807, 2.05) is 20.8 Å². The topological polar surface area (TPSA) is 74.8 Å². The zero-order chi connectivity index (χ0) is 13.5. The van der Waals surface area contributed by atoms with Crippen molar-refractivity contribution in [2.45, 2.75) is 51.7 Å². The maximum absolute atomic E-state index is 11.9. The highest BCUT2D eigenvalue weighted by Crippen LogP contribution is 2.24. The molecule has 0 amide bonds. The molecular formula is C11H21N3O2S. The van der Waals surface area contributed by atoms with Gasteiger partial charge in [-0.15, -0.1) is 0 Å². The van der Waals surface area contributed by atoms with Gasteiger partial charge in [0.25, 0.3) is 0 Å². The van der Waals surface area contributed by atoms with Gasteiger partial charge in [-0.1, -0.05) is 20.8 Å². The molecule has 5 nitrogen and oxygen atoms in total. The maximum Gasteiger partial charge on any atom is 0.238 e. The SMILES string of the molecule is CC(C)(C)c1cc(NS(=O)(=O)C(C)(C)C)n[nH]1. The zero-order valence-corrected chi connectivity index (χ0v) is 12.1. The predicted octanol–water partition coefficient (Wildman–Crippen LogP) is 2.25. The smallest absolute Gasteiger partial charge is 0.238 e. The van der Waals surface area contributed by atoms with Gasteiger partial charge >= 0.3 is 0 Å². The summed E-state index contributed by atoms with van der Waals surface area (Å²) in [5.74, 6) is 0.338. The van der Waals surface area contributed by atoms with Crippen LogP contribution in [0.2, 0.25) is 0 Å². The number of nitrogens with zero attached hydrogens (tertiary/aromatic N) is 1. The molecule has 1 aromatic rings. The number of nitrogens with one attached hydrogen (secondary N) is 2. The number of rotatable bonds is 2. The fourth-order valence-corrected chi connectivity index (χ4v) is 1.74. The molecule has 0 radical (unpaired) electrons. The lowest BCUT2D eigenvalue weighted by molar-refractivity contribution is 0.565. The first-order valence-corrected chi connectivity index (χ1v) is 7.00. The van der Waals surface area contributed by atoms with Gasteiger partial charge in [-0.25, -0.2) is 8.42 Å². The summed E-state index contributed by atoms with van der Waals surface area (Å²) in [6.07, 6.45) is 0. The Kier molecular flexibility index (Phi) is 3.31. The summed E-state index contributed by atoms with van der Waals surface area (Å²) in [6.45, 7) is 11.0. The van der Waals surface area contributed by atoms with Crippen LogP contribution in [0.4, 0.5) is 5.82 Å². The fraction of sp³-hybridized carbons (Fsp3) is 0.727. The number of sulfonamides is 1. The molecule has 0 saturated heterocycles. The second-order valence-electron chi connectivity index (χ2n) is 6.13. The number of H-pyrrole nitrogens is 1. The lowest BCUT2D eigenvalue weighted by Crippen LogP contribution is -2.33. The Morgan fingerprint density at radius 2 is 1.71 bits per heavy atom. The van der Waals surface area contributed by atoms with E-state index in [0.717, 1.165) is 5.69 Å². The minimum absolute atomic E-state index is 0.0849. The summed E-state index contributed by atoms with van der Waals surface area (Å²) in [5.41, 5.74) is 0.808. The van der Waals surface area contributed by atoms with Crippen molar-refractivity contribution in [1.29, 1.82) is 0 Å². The van der Waals surface area contributed by atoms with Crippen LogP contribution in [0.15, 0.2) is 6.07 Å². The zero-order valence-electron chi connectivity index (χ0n) is 11.2. The molecule has 1 aromatic heterocycles. The third-order valence-electron chi connectivity index (χ3n) is 2.43. The van der Waals surface area contributed by atoms with Crippen molar-refractivity contribution in [2.75, 3.05) is 4.72 Å². The summed E-state index contributed by atoms with van der Waals surface area (Å²) in [7, 11) is -3.42. The van der Waals surface area contributed by atoms with Crippen LogP contribution in [-0.2, 0) is 15.4 Å². The van der Waals surface area contributed by atoms with Crippen molar-refractivity contribution in [2.24, 2.45) is 0 Å². The van der Waals surface area contributed by atoms with Crippen molar-refractivity contribution >= 4 is 15.8 Å². The van der Waals surface area contributed by atoms with E-state index in [1.165, 1.54) is 0 Å². The molecule has 0 atom stereocenters. The number of aromatic nitrogens is 2. The summed E-state index contributed by atoms with van der Waals surface area (Å²) in [4.78, 5) is 0. The van der Waals surface area contributed by atoms with E-state index >= 15 is 0 Å². The Bertz CT molecular complexity index is 490. The molecule has 1 rings (SSSR count). The normalized spacial score (nSPS) is 13.8. The van der Waals surface area contributed by atoms with E-state index < -0.39 is 14.8 Å². The second kappa shape index (κ2) is 4.01. The van der Waals surface area contributed by atoms with Crippen LogP contribution in [0.3, 0.4) is 0 Å². The van der Waals surface area contributed by atoms with Gasteiger partial charge in [0, 0.05) is 17.2 Å². The van der Waals surface area contributed by atoms with Crippen molar-refractivity contribution in [3.63, 3.8) is 0 Å². The highest BCUT2D eigenvalue weighted by molar-refractivity contribution is 7.94. The molecule has 2 N–H and O–H groups in total. The summed E-state index contributed by atoms with van der Waals surface area (Å²) >= 11 is 0. The third kappa shape index (κ3) is 3.21. The molecule has 1 heterocycles. The van der Waals surface area contributed by atoms with E-state index in [0.29, 0.717) is 5.82 Å². The maximum atomic E-state index is 11.9. The van der Waals surface area contributed by atoms with Gasteiger partial charge in [0.2, 0.25) is 10.0 Å². The monoisotopic (exact) mass is 259 g/mol.